The van der Waals surface area contributed by atoms with E-state index in [2.05, 4.69) is 10.3 Å². The molecule has 0 saturated heterocycles. The zero-order valence-electron chi connectivity index (χ0n) is 13.6. The maximum atomic E-state index is 12.6. The van der Waals surface area contributed by atoms with Crippen molar-refractivity contribution in [3.05, 3.63) is 70.8 Å². The smallest absolute Gasteiger partial charge is 0.324 e. The zero-order valence-corrected chi connectivity index (χ0v) is 13.6. The Hall–Kier alpha value is -3.16. The molecule has 0 aliphatic carbocycles. The lowest BCUT2D eigenvalue weighted by molar-refractivity contribution is -0.137. The maximum absolute atomic E-state index is 12.6. The molecule has 5 nitrogen and oxygen atoms in total. The van der Waals surface area contributed by atoms with Gasteiger partial charge in [-0.1, -0.05) is 12.1 Å². The second-order valence-electron chi connectivity index (χ2n) is 5.71. The number of nitrogens with zero attached hydrogens (tertiary/aromatic N) is 2. The minimum Gasteiger partial charge on any atom is -0.324 e. The van der Waals surface area contributed by atoms with Gasteiger partial charge in [-0.3, -0.25) is 14.2 Å². The molecular formula is C18H14F3N3O2. The van der Waals surface area contributed by atoms with E-state index in [-0.39, 0.29) is 11.2 Å². The third-order valence-electron chi connectivity index (χ3n) is 3.97. The zero-order chi connectivity index (χ0) is 18.9. The molecule has 1 N–H and O–H groups in total. The molecule has 26 heavy (non-hydrogen) atoms. The standard InChI is InChI=1S/C18H14F3N3O2/c1-11(24-10-22-15-5-3-2-4-14(15)17(24)26)16(25)23-13-8-6-12(7-9-13)18(19,20)21/h2-11H,1H3,(H,23,25). The number of carbonyl (C=O) groups is 1. The Morgan fingerprint density at radius 3 is 2.42 bits per heavy atom. The number of hydrogen-bond acceptors (Lipinski definition) is 3. The van der Waals surface area contributed by atoms with Crippen LogP contribution >= 0.6 is 0 Å². The molecule has 1 unspecified atom stereocenters. The monoisotopic (exact) mass is 361 g/mol. The van der Waals surface area contributed by atoms with E-state index < -0.39 is 23.7 Å². The molecule has 1 amide bonds. The summed E-state index contributed by atoms with van der Waals surface area (Å²) >= 11 is 0. The summed E-state index contributed by atoms with van der Waals surface area (Å²) < 4.78 is 38.9. The van der Waals surface area contributed by atoms with Crippen molar-refractivity contribution in [3.63, 3.8) is 0 Å². The van der Waals surface area contributed by atoms with Crippen LogP contribution in [0.1, 0.15) is 18.5 Å². The number of nitrogens with one attached hydrogen (secondary N) is 1. The average molecular weight is 361 g/mol. The molecule has 0 bridgehead atoms. The van der Waals surface area contributed by atoms with Crippen molar-refractivity contribution in [1.82, 2.24) is 9.55 Å². The number of halogens is 3. The summed E-state index contributed by atoms with van der Waals surface area (Å²) in [7, 11) is 0. The number of aromatic nitrogens is 2. The van der Waals surface area contributed by atoms with Gasteiger partial charge in [0, 0.05) is 5.69 Å². The Kier molecular flexibility index (Phi) is 4.50. The fourth-order valence-electron chi connectivity index (χ4n) is 2.47. The van der Waals surface area contributed by atoms with Crippen molar-refractivity contribution in [2.24, 2.45) is 0 Å². The Labute approximate surface area is 146 Å². The third-order valence-corrected chi connectivity index (χ3v) is 3.97. The molecule has 1 aromatic heterocycles. The van der Waals surface area contributed by atoms with E-state index in [9.17, 15) is 22.8 Å². The van der Waals surface area contributed by atoms with E-state index in [1.165, 1.54) is 17.8 Å². The van der Waals surface area contributed by atoms with Gasteiger partial charge in [-0.2, -0.15) is 13.2 Å². The van der Waals surface area contributed by atoms with Crippen LogP contribution in [0.25, 0.3) is 10.9 Å². The number of fused-ring (bicyclic) bond motifs is 1. The van der Waals surface area contributed by atoms with Gasteiger partial charge in [0.05, 0.1) is 22.8 Å². The minimum absolute atomic E-state index is 0.205. The molecule has 2 aromatic carbocycles. The van der Waals surface area contributed by atoms with E-state index in [1.54, 1.807) is 24.3 Å². The Morgan fingerprint density at radius 1 is 1.12 bits per heavy atom. The lowest BCUT2D eigenvalue weighted by atomic mass is 10.2. The summed E-state index contributed by atoms with van der Waals surface area (Å²) in [6.45, 7) is 1.51. The minimum atomic E-state index is -4.44. The molecule has 0 radical (unpaired) electrons. The summed E-state index contributed by atoms with van der Waals surface area (Å²) in [5, 5.41) is 2.88. The maximum Gasteiger partial charge on any atom is 0.416 e. The van der Waals surface area contributed by atoms with Crippen molar-refractivity contribution in [2.45, 2.75) is 19.1 Å². The summed E-state index contributed by atoms with van der Waals surface area (Å²) in [5.74, 6) is -0.538. The van der Waals surface area contributed by atoms with Crippen LogP contribution in [0.2, 0.25) is 0 Å². The summed E-state index contributed by atoms with van der Waals surface area (Å²) in [4.78, 5) is 29.0. The van der Waals surface area contributed by atoms with Gasteiger partial charge in [0.15, 0.2) is 0 Å². The first-order chi connectivity index (χ1) is 12.3. The second-order valence-corrected chi connectivity index (χ2v) is 5.71. The van der Waals surface area contributed by atoms with Gasteiger partial charge in [-0.25, -0.2) is 4.98 Å². The first kappa shape index (κ1) is 17.7. The van der Waals surface area contributed by atoms with Gasteiger partial charge in [-0.15, -0.1) is 0 Å². The van der Waals surface area contributed by atoms with Crippen LogP contribution in [0, 0.1) is 0 Å². The van der Waals surface area contributed by atoms with E-state index >= 15 is 0 Å². The number of alkyl halides is 3. The highest BCUT2D eigenvalue weighted by Crippen LogP contribution is 2.29. The molecule has 8 heteroatoms. The van der Waals surface area contributed by atoms with Crippen molar-refractivity contribution in [3.8, 4) is 0 Å². The molecule has 0 saturated carbocycles. The van der Waals surface area contributed by atoms with E-state index in [0.29, 0.717) is 10.9 Å². The number of hydrogen-bond donors (Lipinski definition) is 1. The molecule has 134 valence electrons. The quantitative estimate of drug-likeness (QED) is 0.775. The molecular weight excluding hydrogens is 347 g/mol. The molecule has 0 aliphatic rings. The molecule has 0 spiro atoms. The molecule has 3 rings (SSSR count). The van der Waals surface area contributed by atoms with Crippen LogP contribution in [0.15, 0.2) is 59.7 Å². The molecule has 0 aliphatic heterocycles. The second kappa shape index (κ2) is 6.62. The van der Waals surface area contributed by atoms with Gasteiger partial charge in [0.2, 0.25) is 5.91 Å². The Morgan fingerprint density at radius 2 is 1.77 bits per heavy atom. The number of para-hydroxylation sites is 1. The topological polar surface area (TPSA) is 64.0 Å². The van der Waals surface area contributed by atoms with Crippen molar-refractivity contribution < 1.29 is 18.0 Å². The lowest BCUT2D eigenvalue weighted by Crippen LogP contribution is -2.31. The summed E-state index contributed by atoms with van der Waals surface area (Å²) in [6, 6.07) is 9.94. The number of anilines is 1. The van der Waals surface area contributed by atoms with Crippen LogP contribution in [-0.2, 0) is 11.0 Å². The number of rotatable bonds is 3. The highest BCUT2D eigenvalue weighted by atomic mass is 19.4. The van der Waals surface area contributed by atoms with Crippen LogP contribution < -0.4 is 10.9 Å². The van der Waals surface area contributed by atoms with Crippen molar-refractivity contribution in [1.29, 1.82) is 0 Å². The lowest BCUT2D eigenvalue weighted by Gasteiger charge is -2.15. The van der Waals surface area contributed by atoms with E-state index in [4.69, 9.17) is 0 Å². The fourth-order valence-corrected chi connectivity index (χ4v) is 2.47. The average Bonchev–Trinajstić information content (AvgIpc) is 2.61. The van der Waals surface area contributed by atoms with E-state index in [1.807, 2.05) is 0 Å². The fraction of sp³-hybridized carbons (Fsp3) is 0.167. The normalized spacial score (nSPS) is 12.8. The number of carbonyl (C=O) groups excluding carboxylic acids is 1. The van der Waals surface area contributed by atoms with Gasteiger partial charge in [0.25, 0.3) is 5.56 Å². The van der Waals surface area contributed by atoms with Crippen LogP contribution in [-0.4, -0.2) is 15.5 Å². The first-order valence-corrected chi connectivity index (χ1v) is 7.71. The third kappa shape index (κ3) is 3.44. The van der Waals surface area contributed by atoms with Crippen molar-refractivity contribution >= 4 is 22.5 Å². The Balaban J connectivity index is 1.82. The van der Waals surface area contributed by atoms with Crippen LogP contribution in [0.4, 0.5) is 18.9 Å². The van der Waals surface area contributed by atoms with Crippen LogP contribution in [0.3, 0.4) is 0 Å². The summed E-state index contributed by atoms with van der Waals surface area (Å²) in [6.07, 6.45) is -3.17. The Bertz CT molecular complexity index is 1010. The van der Waals surface area contributed by atoms with Gasteiger partial charge >= 0.3 is 6.18 Å². The molecule has 1 heterocycles. The van der Waals surface area contributed by atoms with Gasteiger partial charge in [-0.05, 0) is 43.3 Å². The SMILES string of the molecule is CC(C(=O)Nc1ccc(C(F)(F)F)cc1)n1cnc2ccccc2c1=O. The van der Waals surface area contributed by atoms with Crippen molar-refractivity contribution in [2.75, 3.05) is 5.32 Å². The number of benzene rings is 2. The predicted molar refractivity (Wildman–Crippen MR) is 90.8 cm³/mol. The highest BCUT2D eigenvalue weighted by Gasteiger charge is 2.30. The first-order valence-electron chi connectivity index (χ1n) is 7.71. The largest absolute Gasteiger partial charge is 0.416 e. The van der Waals surface area contributed by atoms with Crippen LogP contribution in [0.5, 0.6) is 0 Å². The summed E-state index contributed by atoms with van der Waals surface area (Å²) in [5.41, 5.74) is -0.454. The van der Waals surface area contributed by atoms with Gasteiger partial charge in [0.1, 0.15) is 6.04 Å². The number of amides is 1. The molecule has 3 aromatic rings. The van der Waals surface area contributed by atoms with E-state index in [0.717, 1.165) is 24.3 Å². The predicted octanol–water partition coefficient (Wildman–Crippen LogP) is 3.62. The molecule has 1 atom stereocenters. The van der Waals surface area contributed by atoms with Gasteiger partial charge < -0.3 is 5.32 Å². The molecule has 0 fully saturated rings. The highest BCUT2D eigenvalue weighted by molar-refractivity contribution is 5.93.